The van der Waals surface area contributed by atoms with Crippen LogP contribution < -0.4 is 4.74 Å². The minimum absolute atomic E-state index is 0.167. The van der Waals surface area contributed by atoms with Gasteiger partial charge in [0, 0.05) is 11.0 Å². The summed E-state index contributed by atoms with van der Waals surface area (Å²) in [5.74, 6) is 0.162. The number of esters is 1. The van der Waals surface area contributed by atoms with Gasteiger partial charge < -0.3 is 14.2 Å². The molecule has 1 aromatic rings. The molecule has 4 nitrogen and oxygen atoms in total. The maximum atomic E-state index is 12.1. The fourth-order valence-corrected chi connectivity index (χ4v) is 3.16. The summed E-state index contributed by atoms with van der Waals surface area (Å²) in [4.78, 5) is 12.1. The Labute approximate surface area is 131 Å². The predicted molar refractivity (Wildman–Crippen MR) is 74.2 cm³/mol. The summed E-state index contributed by atoms with van der Waals surface area (Å²) in [5.41, 5.74) is 0.778. The molecule has 1 heterocycles. The van der Waals surface area contributed by atoms with Crippen LogP contribution in [0, 0.1) is 5.92 Å². The van der Waals surface area contributed by atoms with Crippen molar-refractivity contribution < 1.29 is 32.2 Å². The van der Waals surface area contributed by atoms with Crippen LogP contribution in [0.2, 0.25) is 0 Å². The van der Waals surface area contributed by atoms with Crippen LogP contribution in [0.5, 0.6) is 5.75 Å². The topological polar surface area (TPSA) is 44.8 Å². The summed E-state index contributed by atoms with van der Waals surface area (Å²) < 4.78 is 50.8. The van der Waals surface area contributed by atoms with E-state index in [-0.39, 0.29) is 30.5 Å². The Kier molecular flexibility index (Phi) is 4.23. The van der Waals surface area contributed by atoms with Crippen LogP contribution in [0.15, 0.2) is 24.3 Å². The van der Waals surface area contributed by atoms with Crippen molar-refractivity contribution in [2.75, 3.05) is 26.4 Å². The number of alkyl halides is 3. The van der Waals surface area contributed by atoms with Crippen molar-refractivity contribution in [1.29, 1.82) is 0 Å². The summed E-state index contributed by atoms with van der Waals surface area (Å²) in [6, 6.07) is 7.61. The van der Waals surface area contributed by atoms with Crippen molar-refractivity contribution in [2.45, 2.75) is 24.4 Å². The molecule has 1 aliphatic carbocycles. The fourth-order valence-electron chi connectivity index (χ4n) is 3.16. The molecule has 1 aliphatic heterocycles. The van der Waals surface area contributed by atoms with E-state index in [1.807, 2.05) is 24.3 Å². The third-order valence-corrected chi connectivity index (χ3v) is 4.33. The number of ether oxygens (including phenoxy) is 3. The molecule has 0 N–H and O–H groups in total. The molecular formula is C16H17F3O4. The Balaban J connectivity index is 1.50. The third-order valence-electron chi connectivity index (χ3n) is 4.33. The molecule has 2 aliphatic rings. The van der Waals surface area contributed by atoms with Gasteiger partial charge >= 0.3 is 12.1 Å². The van der Waals surface area contributed by atoms with Gasteiger partial charge in [0.25, 0.3) is 0 Å². The van der Waals surface area contributed by atoms with Gasteiger partial charge in [0.2, 0.25) is 0 Å². The van der Waals surface area contributed by atoms with E-state index in [4.69, 9.17) is 9.47 Å². The first-order chi connectivity index (χ1) is 10.9. The van der Waals surface area contributed by atoms with Crippen molar-refractivity contribution in [3.05, 3.63) is 29.8 Å². The number of carbonyl (C=O) groups excluding carboxylic acids is 1. The van der Waals surface area contributed by atoms with Crippen LogP contribution in [0.3, 0.4) is 0 Å². The average Bonchev–Trinajstić information content (AvgIpc) is 3.21. The molecule has 126 valence electrons. The molecule has 0 unspecified atom stereocenters. The number of halogens is 3. The summed E-state index contributed by atoms with van der Waals surface area (Å²) in [6.07, 6.45) is -2.93. The van der Waals surface area contributed by atoms with Gasteiger partial charge in [-0.3, -0.25) is 4.79 Å². The van der Waals surface area contributed by atoms with E-state index >= 15 is 0 Å². The minimum Gasteiger partial charge on any atom is -0.493 e. The van der Waals surface area contributed by atoms with Gasteiger partial charge in [-0.1, -0.05) is 18.2 Å². The fraction of sp³-hybridized carbons (Fsp3) is 0.562. The Morgan fingerprint density at radius 1 is 1.30 bits per heavy atom. The summed E-state index contributed by atoms with van der Waals surface area (Å²) in [7, 11) is 0. The van der Waals surface area contributed by atoms with E-state index in [0.717, 1.165) is 17.7 Å². The monoisotopic (exact) mass is 330 g/mol. The maximum absolute atomic E-state index is 12.1. The van der Waals surface area contributed by atoms with E-state index in [0.29, 0.717) is 13.0 Å². The van der Waals surface area contributed by atoms with Crippen LogP contribution >= 0.6 is 0 Å². The van der Waals surface area contributed by atoms with E-state index in [1.54, 1.807) is 0 Å². The highest BCUT2D eigenvalue weighted by atomic mass is 19.4. The lowest BCUT2D eigenvalue weighted by Gasteiger charge is -2.26. The molecule has 7 heteroatoms. The first-order valence-corrected chi connectivity index (χ1v) is 7.46. The molecule has 1 aromatic carbocycles. The zero-order valence-corrected chi connectivity index (χ0v) is 12.4. The predicted octanol–water partition coefficient (Wildman–Crippen LogP) is 2.85. The second-order valence-electron chi connectivity index (χ2n) is 5.84. The zero-order chi connectivity index (χ0) is 16.5. The number of benzene rings is 1. The second-order valence-corrected chi connectivity index (χ2v) is 5.84. The van der Waals surface area contributed by atoms with Gasteiger partial charge in [-0.05, 0) is 18.9 Å². The largest absolute Gasteiger partial charge is 0.493 e. The van der Waals surface area contributed by atoms with E-state index in [9.17, 15) is 18.0 Å². The standard InChI is InChI=1S/C16H17F3O4/c17-16(18,19)10-21-7-8-23-14(20)12-9-15(12)5-6-22-13-4-2-1-3-11(13)15/h1-4,12H,5-10H2/t12-,15-/m0/s1. The van der Waals surface area contributed by atoms with E-state index < -0.39 is 12.8 Å². The van der Waals surface area contributed by atoms with Crippen molar-refractivity contribution in [1.82, 2.24) is 0 Å². The van der Waals surface area contributed by atoms with Crippen molar-refractivity contribution in [3.8, 4) is 5.75 Å². The molecule has 1 fully saturated rings. The Bertz CT molecular complexity index is 587. The van der Waals surface area contributed by atoms with Crippen LogP contribution in [0.1, 0.15) is 18.4 Å². The maximum Gasteiger partial charge on any atom is 0.411 e. The van der Waals surface area contributed by atoms with Crippen molar-refractivity contribution in [2.24, 2.45) is 5.92 Å². The molecule has 0 amide bonds. The molecule has 0 bridgehead atoms. The molecule has 2 atom stereocenters. The first kappa shape index (κ1) is 16.1. The Morgan fingerprint density at radius 2 is 2.09 bits per heavy atom. The second kappa shape index (κ2) is 6.03. The lowest BCUT2D eigenvalue weighted by Crippen LogP contribution is -2.25. The van der Waals surface area contributed by atoms with Gasteiger partial charge in [-0.15, -0.1) is 0 Å². The summed E-state index contributed by atoms with van der Waals surface area (Å²) in [6.45, 7) is -1.21. The molecular weight excluding hydrogens is 313 g/mol. The highest BCUT2D eigenvalue weighted by Crippen LogP contribution is 2.60. The Morgan fingerprint density at radius 3 is 2.87 bits per heavy atom. The van der Waals surface area contributed by atoms with Crippen LogP contribution in [0.25, 0.3) is 0 Å². The zero-order valence-electron chi connectivity index (χ0n) is 12.4. The third kappa shape index (κ3) is 3.44. The van der Waals surface area contributed by atoms with Crippen LogP contribution in [0.4, 0.5) is 13.2 Å². The van der Waals surface area contributed by atoms with Gasteiger partial charge in [0.1, 0.15) is 19.0 Å². The van der Waals surface area contributed by atoms with Gasteiger partial charge in [-0.2, -0.15) is 13.2 Å². The molecule has 3 rings (SSSR count). The number of hydrogen-bond donors (Lipinski definition) is 0. The minimum atomic E-state index is -4.36. The highest BCUT2D eigenvalue weighted by molar-refractivity contribution is 5.80. The lowest BCUT2D eigenvalue weighted by molar-refractivity contribution is -0.177. The molecule has 0 aromatic heterocycles. The lowest BCUT2D eigenvalue weighted by atomic mass is 9.87. The first-order valence-electron chi connectivity index (χ1n) is 7.46. The average molecular weight is 330 g/mol. The molecule has 0 radical (unpaired) electrons. The number of fused-ring (bicyclic) bond motifs is 2. The number of hydrogen-bond acceptors (Lipinski definition) is 4. The molecule has 1 saturated carbocycles. The van der Waals surface area contributed by atoms with E-state index in [1.165, 1.54) is 0 Å². The van der Waals surface area contributed by atoms with Crippen molar-refractivity contribution in [3.63, 3.8) is 0 Å². The SMILES string of the molecule is O=C(OCCOCC(F)(F)F)[C@@H]1C[C@]12CCOc1ccccc12. The van der Waals surface area contributed by atoms with Crippen LogP contribution in [-0.4, -0.2) is 38.6 Å². The van der Waals surface area contributed by atoms with Crippen LogP contribution in [-0.2, 0) is 19.7 Å². The number of rotatable bonds is 5. The van der Waals surface area contributed by atoms with Gasteiger partial charge in [0.05, 0.1) is 19.1 Å². The Hall–Kier alpha value is -1.76. The molecule has 1 spiro atoms. The van der Waals surface area contributed by atoms with Gasteiger partial charge in [0.15, 0.2) is 0 Å². The normalized spacial score (nSPS) is 25.6. The van der Waals surface area contributed by atoms with Gasteiger partial charge in [-0.25, -0.2) is 0 Å². The molecule has 0 saturated heterocycles. The highest BCUT2D eigenvalue weighted by Gasteiger charge is 2.61. The summed E-state index contributed by atoms with van der Waals surface area (Å²) >= 11 is 0. The summed E-state index contributed by atoms with van der Waals surface area (Å²) in [5, 5.41) is 0. The number of carbonyl (C=O) groups is 1. The molecule has 23 heavy (non-hydrogen) atoms. The van der Waals surface area contributed by atoms with Crippen molar-refractivity contribution >= 4 is 5.97 Å². The quantitative estimate of drug-likeness (QED) is 0.615. The number of para-hydroxylation sites is 1. The smallest absolute Gasteiger partial charge is 0.411 e. The van der Waals surface area contributed by atoms with E-state index in [2.05, 4.69) is 4.74 Å².